The summed E-state index contributed by atoms with van der Waals surface area (Å²) in [5, 5.41) is 0. The first-order chi connectivity index (χ1) is 7.57. The van der Waals surface area contributed by atoms with Crippen LogP contribution in [0.2, 0.25) is 0 Å². The van der Waals surface area contributed by atoms with Gasteiger partial charge in [-0.25, -0.2) is 0 Å². The second-order valence-corrected chi connectivity index (χ2v) is 5.49. The van der Waals surface area contributed by atoms with E-state index >= 15 is 0 Å². The Morgan fingerprint density at radius 3 is 2.19 bits per heavy atom. The van der Waals surface area contributed by atoms with E-state index in [1.807, 2.05) is 0 Å². The van der Waals surface area contributed by atoms with Crippen molar-refractivity contribution in [3.8, 4) is 0 Å². The largest absolute Gasteiger partial charge is 0.0798 e. The molecule has 0 aromatic heterocycles. The fraction of sp³-hybridized carbons (Fsp3) is 0.375. The molecule has 2 rings (SSSR count). The topological polar surface area (TPSA) is 0 Å². The fourth-order valence-electron chi connectivity index (χ4n) is 2.11. The number of fused-ring (bicyclic) bond motifs is 1. The van der Waals surface area contributed by atoms with E-state index in [0.717, 1.165) is 12.8 Å². The summed E-state index contributed by atoms with van der Waals surface area (Å²) >= 11 is 0. The fourth-order valence-corrected chi connectivity index (χ4v) is 2.11. The molecule has 0 atom stereocenters. The molecule has 0 heteroatoms. The van der Waals surface area contributed by atoms with Gasteiger partial charge in [-0.2, -0.15) is 0 Å². The van der Waals surface area contributed by atoms with Gasteiger partial charge in [0.2, 0.25) is 0 Å². The minimum atomic E-state index is 0.253. The number of hydrogen-bond donors (Lipinski definition) is 0. The smallest absolute Gasteiger partial charge is 0.00886 e. The van der Waals surface area contributed by atoms with Crippen LogP contribution >= 0.6 is 0 Å². The number of hydrogen-bond acceptors (Lipinski definition) is 0. The molecule has 0 aliphatic heterocycles. The van der Waals surface area contributed by atoms with Crippen molar-refractivity contribution in [3.05, 3.63) is 59.2 Å². The Labute approximate surface area is 98.7 Å². The predicted octanol–water partition coefficient (Wildman–Crippen LogP) is 4.31. The van der Waals surface area contributed by atoms with E-state index in [-0.39, 0.29) is 5.41 Å². The molecular formula is C16H20. The quantitative estimate of drug-likeness (QED) is 0.601. The summed E-state index contributed by atoms with van der Waals surface area (Å²) in [4.78, 5) is 0. The SMILES string of the molecule is CC(C)(C)C1=C/Cc2ccccc2C/C=C\1. The van der Waals surface area contributed by atoms with Gasteiger partial charge in [0.15, 0.2) is 0 Å². The highest BCUT2D eigenvalue weighted by atomic mass is 14.2. The standard InChI is InChI=1S/C16H20/c1-16(2,3)15-10-6-9-13-7-4-5-8-14(13)11-12-15/h4-8,10,12H,9,11H2,1-3H3/b10-6-,15-12+. The third-order valence-corrected chi connectivity index (χ3v) is 3.16. The molecule has 16 heavy (non-hydrogen) atoms. The molecule has 0 radical (unpaired) electrons. The van der Waals surface area contributed by atoms with Crippen molar-refractivity contribution in [2.24, 2.45) is 5.41 Å². The van der Waals surface area contributed by atoms with Crippen LogP contribution in [-0.4, -0.2) is 0 Å². The lowest BCUT2D eigenvalue weighted by atomic mass is 9.83. The third-order valence-electron chi connectivity index (χ3n) is 3.16. The highest BCUT2D eigenvalue weighted by molar-refractivity contribution is 5.36. The van der Waals surface area contributed by atoms with Crippen LogP contribution < -0.4 is 0 Å². The van der Waals surface area contributed by atoms with Crippen LogP contribution in [0.5, 0.6) is 0 Å². The van der Waals surface area contributed by atoms with E-state index in [0.29, 0.717) is 0 Å². The molecule has 0 fully saturated rings. The first-order valence-corrected chi connectivity index (χ1v) is 6.01. The van der Waals surface area contributed by atoms with Gasteiger partial charge >= 0.3 is 0 Å². The Morgan fingerprint density at radius 2 is 1.56 bits per heavy atom. The molecule has 0 saturated carbocycles. The molecule has 1 aliphatic rings. The Balaban J connectivity index is 2.34. The molecule has 0 N–H and O–H groups in total. The molecule has 0 heterocycles. The molecule has 0 bridgehead atoms. The predicted molar refractivity (Wildman–Crippen MR) is 70.5 cm³/mol. The number of rotatable bonds is 0. The second-order valence-electron chi connectivity index (χ2n) is 5.49. The molecule has 84 valence electrons. The number of allylic oxidation sites excluding steroid dienone is 4. The Hall–Kier alpha value is -1.30. The average molecular weight is 212 g/mol. The van der Waals surface area contributed by atoms with E-state index in [4.69, 9.17) is 0 Å². The minimum absolute atomic E-state index is 0.253. The Bertz CT molecular complexity index is 428. The third kappa shape index (κ3) is 2.44. The van der Waals surface area contributed by atoms with Crippen molar-refractivity contribution in [2.45, 2.75) is 33.6 Å². The van der Waals surface area contributed by atoms with Crippen LogP contribution in [0.1, 0.15) is 31.9 Å². The van der Waals surface area contributed by atoms with Gasteiger partial charge in [-0.1, -0.05) is 63.3 Å². The van der Waals surface area contributed by atoms with Gasteiger partial charge in [0.25, 0.3) is 0 Å². The van der Waals surface area contributed by atoms with Crippen molar-refractivity contribution < 1.29 is 0 Å². The molecule has 1 aromatic carbocycles. The number of benzene rings is 1. The van der Waals surface area contributed by atoms with Gasteiger partial charge in [0.05, 0.1) is 0 Å². The molecule has 0 saturated heterocycles. The summed E-state index contributed by atoms with van der Waals surface area (Å²) in [6.45, 7) is 6.82. The first-order valence-electron chi connectivity index (χ1n) is 6.01. The van der Waals surface area contributed by atoms with Crippen molar-refractivity contribution in [2.75, 3.05) is 0 Å². The highest BCUT2D eigenvalue weighted by Crippen LogP contribution is 2.28. The van der Waals surface area contributed by atoms with Gasteiger partial charge in [-0.05, 0) is 35.0 Å². The van der Waals surface area contributed by atoms with Crippen LogP contribution in [0.3, 0.4) is 0 Å². The summed E-state index contributed by atoms with van der Waals surface area (Å²) in [6, 6.07) is 8.73. The van der Waals surface area contributed by atoms with Crippen molar-refractivity contribution in [3.63, 3.8) is 0 Å². The maximum Gasteiger partial charge on any atom is -0.00886 e. The lowest BCUT2D eigenvalue weighted by molar-refractivity contribution is 0.515. The molecule has 0 nitrogen and oxygen atoms in total. The van der Waals surface area contributed by atoms with Crippen molar-refractivity contribution in [1.82, 2.24) is 0 Å². The van der Waals surface area contributed by atoms with Crippen LogP contribution in [0.25, 0.3) is 0 Å². The van der Waals surface area contributed by atoms with Gasteiger partial charge in [-0.15, -0.1) is 0 Å². The average Bonchev–Trinajstić information content (AvgIpc) is 2.17. The zero-order valence-corrected chi connectivity index (χ0v) is 10.5. The molecule has 0 spiro atoms. The van der Waals surface area contributed by atoms with E-state index in [1.165, 1.54) is 16.7 Å². The Kier molecular flexibility index (Phi) is 3.00. The summed E-state index contributed by atoms with van der Waals surface area (Å²) in [5.74, 6) is 0. The Morgan fingerprint density at radius 1 is 0.938 bits per heavy atom. The van der Waals surface area contributed by atoms with Crippen LogP contribution in [0, 0.1) is 5.41 Å². The van der Waals surface area contributed by atoms with E-state index < -0.39 is 0 Å². The normalized spacial score (nSPS) is 21.3. The van der Waals surface area contributed by atoms with Gasteiger partial charge in [0, 0.05) is 0 Å². The monoisotopic (exact) mass is 212 g/mol. The molecule has 1 aliphatic carbocycles. The maximum absolute atomic E-state index is 2.37. The van der Waals surface area contributed by atoms with Crippen LogP contribution in [0.4, 0.5) is 0 Å². The van der Waals surface area contributed by atoms with Crippen LogP contribution in [0.15, 0.2) is 48.1 Å². The van der Waals surface area contributed by atoms with E-state index in [9.17, 15) is 0 Å². The summed E-state index contributed by atoms with van der Waals surface area (Å²) in [5.41, 5.74) is 4.63. The minimum Gasteiger partial charge on any atom is -0.0798 e. The molecular weight excluding hydrogens is 192 g/mol. The second kappa shape index (κ2) is 4.29. The van der Waals surface area contributed by atoms with Crippen molar-refractivity contribution in [1.29, 1.82) is 0 Å². The zero-order chi connectivity index (χ0) is 11.6. The zero-order valence-electron chi connectivity index (χ0n) is 10.5. The highest BCUT2D eigenvalue weighted by Gasteiger charge is 2.15. The lowest BCUT2D eigenvalue weighted by Gasteiger charge is -2.22. The summed E-state index contributed by atoms with van der Waals surface area (Å²) < 4.78 is 0. The van der Waals surface area contributed by atoms with Gasteiger partial charge in [0.1, 0.15) is 0 Å². The molecule has 0 amide bonds. The van der Waals surface area contributed by atoms with E-state index in [1.54, 1.807) is 0 Å². The van der Waals surface area contributed by atoms with Gasteiger partial charge < -0.3 is 0 Å². The summed E-state index contributed by atoms with van der Waals surface area (Å²) in [7, 11) is 0. The van der Waals surface area contributed by atoms with Crippen LogP contribution in [-0.2, 0) is 12.8 Å². The van der Waals surface area contributed by atoms with E-state index in [2.05, 4.69) is 63.3 Å². The van der Waals surface area contributed by atoms with Crippen molar-refractivity contribution >= 4 is 0 Å². The van der Waals surface area contributed by atoms with Gasteiger partial charge in [-0.3, -0.25) is 0 Å². The summed E-state index contributed by atoms with van der Waals surface area (Å²) in [6.07, 6.45) is 9.07. The molecule has 0 unspecified atom stereocenters. The molecule has 1 aromatic rings. The maximum atomic E-state index is 2.37. The lowest BCUT2D eigenvalue weighted by Crippen LogP contribution is -2.09. The first kappa shape index (κ1) is 11.2.